The van der Waals surface area contributed by atoms with Gasteiger partial charge in [-0.1, -0.05) is 47.6 Å². The Morgan fingerprint density at radius 2 is 1.79 bits per heavy atom. The van der Waals surface area contributed by atoms with Crippen LogP contribution in [0.1, 0.15) is 54.4 Å². The fourth-order valence-electron chi connectivity index (χ4n) is 4.31. The zero-order valence-electron chi connectivity index (χ0n) is 14.4. The van der Waals surface area contributed by atoms with Crippen molar-refractivity contribution in [3.05, 3.63) is 12.7 Å². The molecule has 0 N–H and O–H groups in total. The Morgan fingerprint density at radius 1 is 1.26 bits per heavy atom. The molecule has 19 heavy (non-hydrogen) atoms. The number of allylic oxidation sites excluding steroid dienone is 1. The Labute approximate surface area is 122 Å². The first-order valence-electron chi connectivity index (χ1n) is 7.66. The quantitative estimate of drug-likeness (QED) is 0.468. The smallest absolute Gasteiger partial charge is 0.195 e. The van der Waals surface area contributed by atoms with Gasteiger partial charge in [0.25, 0.3) is 0 Å². The van der Waals surface area contributed by atoms with Crippen LogP contribution in [0.25, 0.3) is 0 Å². The van der Waals surface area contributed by atoms with E-state index in [1.54, 1.807) is 0 Å². The largest absolute Gasteiger partial charge is 0.420 e. The fourth-order valence-corrected chi connectivity index (χ4v) is 8.65. The molecule has 0 aromatic rings. The van der Waals surface area contributed by atoms with Crippen LogP contribution < -0.4 is 0 Å². The summed E-state index contributed by atoms with van der Waals surface area (Å²) in [5, 5.41) is 0.320. The molecule has 0 spiro atoms. The Morgan fingerprint density at radius 3 is 2.11 bits per heavy atom. The third-order valence-electron chi connectivity index (χ3n) is 7.38. The highest BCUT2D eigenvalue weighted by molar-refractivity contribution is 6.75. The van der Waals surface area contributed by atoms with Crippen LogP contribution in [0.4, 0.5) is 0 Å². The van der Waals surface area contributed by atoms with Crippen LogP contribution in [-0.4, -0.2) is 15.4 Å². The summed E-state index contributed by atoms with van der Waals surface area (Å²) in [6.45, 7) is 21.1. The molecule has 3 atom stereocenters. The van der Waals surface area contributed by atoms with Crippen molar-refractivity contribution < 1.29 is 4.43 Å². The van der Waals surface area contributed by atoms with E-state index in [1.807, 2.05) is 13.2 Å². The van der Waals surface area contributed by atoms with Crippen molar-refractivity contribution in [2.45, 2.75) is 72.0 Å². The van der Waals surface area contributed by atoms with Gasteiger partial charge in [0, 0.05) is 7.11 Å². The van der Waals surface area contributed by atoms with Gasteiger partial charge in [-0.3, -0.25) is 0 Å². The molecule has 112 valence electrons. The minimum absolute atomic E-state index is 0.303. The lowest BCUT2D eigenvalue weighted by molar-refractivity contribution is 0.0845. The van der Waals surface area contributed by atoms with E-state index in [9.17, 15) is 0 Å². The SMILES string of the molecule is C=CCC[Si](C)(OC)C1(C)CC(C)C(C)(C)C1(C)C. The number of hydrogen-bond acceptors (Lipinski definition) is 1. The van der Waals surface area contributed by atoms with Crippen LogP contribution in [0.3, 0.4) is 0 Å². The first-order chi connectivity index (χ1) is 8.50. The van der Waals surface area contributed by atoms with Crippen LogP contribution >= 0.6 is 0 Å². The van der Waals surface area contributed by atoms with E-state index < -0.39 is 8.32 Å². The molecule has 0 saturated heterocycles. The van der Waals surface area contributed by atoms with Crippen molar-refractivity contribution >= 4 is 8.32 Å². The molecule has 0 amide bonds. The van der Waals surface area contributed by atoms with Crippen LogP contribution in [0.5, 0.6) is 0 Å². The van der Waals surface area contributed by atoms with Gasteiger partial charge < -0.3 is 4.43 Å². The minimum Gasteiger partial charge on any atom is -0.420 e. The van der Waals surface area contributed by atoms with Gasteiger partial charge in [-0.05, 0) is 47.2 Å². The second kappa shape index (κ2) is 5.03. The highest BCUT2D eigenvalue weighted by Crippen LogP contribution is 2.72. The summed E-state index contributed by atoms with van der Waals surface area (Å²) in [6.07, 6.45) is 4.42. The van der Waals surface area contributed by atoms with Crippen LogP contribution in [-0.2, 0) is 4.43 Å². The van der Waals surface area contributed by atoms with Crippen LogP contribution in [0.15, 0.2) is 12.7 Å². The van der Waals surface area contributed by atoms with E-state index >= 15 is 0 Å². The molecule has 2 heteroatoms. The Balaban J connectivity index is 3.25. The van der Waals surface area contributed by atoms with Gasteiger partial charge in [0.15, 0.2) is 8.32 Å². The zero-order valence-corrected chi connectivity index (χ0v) is 15.4. The lowest BCUT2D eigenvalue weighted by atomic mass is 9.65. The van der Waals surface area contributed by atoms with Crippen molar-refractivity contribution in [3.8, 4) is 0 Å². The minimum atomic E-state index is -1.77. The van der Waals surface area contributed by atoms with Gasteiger partial charge in [0.1, 0.15) is 0 Å². The highest BCUT2D eigenvalue weighted by Gasteiger charge is 2.66. The molecule has 0 heterocycles. The predicted molar refractivity (Wildman–Crippen MR) is 88.0 cm³/mol. The van der Waals surface area contributed by atoms with E-state index in [4.69, 9.17) is 4.43 Å². The lowest BCUT2D eigenvalue weighted by Crippen LogP contribution is -2.53. The molecule has 0 radical (unpaired) electrons. The first-order valence-corrected chi connectivity index (χ1v) is 10.3. The molecular weight excluding hydrogens is 248 g/mol. The van der Waals surface area contributed by atoms with E-state index in [0.717, 1.165) is 12.3 Å². The maximum atomic E-state index is 6.20. The average molecular weight is 283 g/mol. The normalized spacial score (nSPS) is 35.9. The molecule has 1 saturated carbocycles. The van der Waals surface area contributed by atoms with Gasteiger partial charge in [0.05, 0.1) is 0 Å². The van der Waals surface area contributed by atoms with Gasteiger partial charge in [-0.2, -0.15) is 0 Å². The molecule has 1 aliphatic rings. The summed E-state index contributed by atoms with van der Waals surface area (Å²) >= 11 is 0. The van der Waals surface area contributed by atoms with Crippen molar-refractivity contribution in [3.63, 3.8) is 0 Å². The van der Waals surface area contributed by atoms with E-state index in [2.05, 4.69) is 54.7 Å². The first kappa shape index (κ1) is 17.0. The summed E-state index contributed by atoms with van der Waals surface area (Å²) < 4.78 is 6.20. The fraction of sp³-hybridized carbons (Fsp3) is 0.882. The molecule has 1 fully saturated rings. The molecule has 1 nitrogen and oxygen atoms in total. The van der Waals surface area contributed by atoms with E-state index in [-0.39, 0.29) is 0 Å². The molecule has 0 aromatic heterocycles. The summed E-state index contributed by atoms with van der Waals surface area (Å²) in [6, 6.07) is 1.19. The Hall–Kier alpha value is -0.0831. The summed E-state index contributed by atoms with van der Waals surface area (Å²) in [5.74, 6) is 0.748. The Bertz CT molecular complexity index is 347. The van der Waals surface area contributed by atoms with Gasteiger partial charge in [0.2, 0.25) is 0 Å². The standard InChI is InChI=1S/C17H34OSi/c1-10-11-12-19(9,18-8)17(7)13-14(2)15(3,4)16(17,5)6/h10,14H,1,11-13H2,2-9H3. The molecular formula is C17H34OSi. The second-order valence-corrected chi connectivity index (χ2v) is 12.5. The second-order valence-electron chi connectivity index (χ2n) is 8.05. The molecule has 0 bridgehead atoms. The monoisotopic (exact) mass is 282 g/mol. The van der Waals surface area contributed by atoms with Gasteiger partial charge >= 0.3 is 0 Å². The van der Waals surface area contributed by atoms with Crippen molar-refractivity contribution in [1.29, 1.82) is 0 Å². The summed E-state index contributed by atoms with van der Waals surface area (Å²) in [5.41, 5.74) is 0.667. The highest BCUT2D eigenvalue weighted by atomic mass is 28.4. The maximum Gasteiger partial charge on any atom is 0.195 e. The summed E-state index contributed by atoms with van der Waals surface area (Å²) in [7, 11) is 0.164. The van der Waals surface area contributed by atoms with Gasteiger partial charge in [-0.25, -0.2) is 0 Å². The van der Waals surface area contributed by atoms with Crippen molar-refractivity contribution in [1.82, 2.24) is 0 Å². The van der Waals surface area contributed by atoms with Gasteiger partial charge in [-0.15, -0.1) is 6.58 Å². The third kappa shape index (κ3) is 2.15. The van der Waals surface area contributed by atoms with Crippen LogP contribution in [0.2, 0.25) is 17.6 Å². The molecule has 3 unspecified atom stereocenters. The number of hydrogen-bond donors (Lipinski definition) is 0. The predicted octanol–water partition coefficient (Wildman–Crippen LogP) is 5.64. The third-order valence-corrected chi connectivity index (χ3v) is 12.7. The average Bonchev–Trinajstić information content (AvgIpc) is 2.45. The van der Waals surface area contributed by atoms with Crippen molar-refractivity contribution in [2.24, 2.45) is 16.7 Å². The molecule has 0 aliphatic heterocycles. The van der Waals surface area contributed by atoms with E-state index in [1.165, 1.54) is 12.5 Å². The Kier molecular flexibility index (Phi) is 4.50. The molecule has 1 aliphatic carbocycles. The van der Waals surface area contributed by atoms with Crippen molar-refractivity contribution in [2.75, 3.05) is 7.11 Å². The van der Waals surface area contributed by atoms with E-state index in [0.29, 0.717) is 15.9 Å². The maximum absolute atomic E-state index is 6.20. The lowest BCUT2D eigenvalue weighted by Gasteiger charge is -2.53. The topological polar surface area (TPSA) is 9.23 Å². The van der Waals surface area contributed by atoms with Crippen LogP contribution in [0, 0.1) is 16.7 Å². The molecule has 0 aromatic carbocycles. The number of rotatable bonds is 5. The molecule has 1 rings (SSSR count). The zero-order chi connectivity index (χ0) is 15.1. The summed E-state index contributed by atoms with van der Waals surface area (Å²) in [4.78, 5) is 0.